The monoisotopic (exact) mass is 377 g/mol. The molecule has 0 bridgehead atoms. The van der Waals surface area contributed by atoms with Gasteiger partial charge in [0.25, 0.3) is 11.6 Å². The maximum atomic E-state index is 12.2. The number of hydrazone groups is 1. The summed E-state index contributed by atoms with van der Waals surface area (Å²) in [5, 5.41) is 16.7. The van der Waals surface area contributed by atoms with Gasteiger partial charge in [0.1, 0.15) is 5.75 Å². The van der Waals surface area contributed by atoms with E-state index in [2.05, 4.69) is 10.5 Å². The van der Waals surface area contributed by atoms with E-state index in [9.17, 15) is 14.9 Å². The molecule has 1 amide bonds. The zero-order valence-electron chi connectivity index (χ0n) is 15.3. The van der Waals surface area contributed by atoms with Gasteiger partial charge >= 0.3 is 0 Å². The fourth-order valence-corrected chi connectivity index (χ4v) is 2.70. The molecule has 0 aromatic heterocycles. The highest BCUT2D eigenvalue weighted by Crippen LogP contribution is 2.26. The van der Waals surface area contributed by atoms with Crippen LogP contribution in [-0.2, 0) is 0 Å². The number of benzene rings is 3. The van der Waals surface area contributed by atoms with Crippen molar-refractivity contribution in [2.24, 2.45) is 5.10 Å². The first-order chi connectivity index (χ1) is 13.6. The molecule has 7 heteroatoms. The lowest BCUT2D eigenvalue weighted by Crippen LogP contribution is -2.17. The number of ether oxygens (including phenoxy) is 1. The summed E-state index contributed by atoms with van der Waals surface area (Å²) in [4.78, 5) is 22.4. The molecule has 3 aromatic rings. The molecule has 0 fully saturated rings. The zero-order valence-corrected chi connectivity index (χ0v) is 15.3. The number of nitrogens with one attached hydrogen (secondary N) is 1. The van der Waals surface area contributed by atoms with E-state index in [4.69, 9.17) is 4.74 Å². The minimum absolute atomic E-state index is 0.0754. The Morgan fingerprint density at radius 2 is 1.89 bits per heavy atom. The summed E-state index contributed by atoms with van der Waals surface area (Å²) in [6.07, 6.45) is 2.43. The number of nitro groups is 1. The highest BCUT2D eigenvalue weighted by Gasteiger charge is 2.10. The van der Waals surface area contributed by atoms with E-state index in [1.165, 1.54) is 24.3 Å². The number of carbonyl (C=O) groups is 1. The van der Waals surface area contributed by atoms with E-state index in [0.29, 0.717) is 12.4 Å². The first-order valence-electron chi connectivity index (χ1n) is 8.82. The van der Waals surface area contributed by atoms with Crippen LogP contribution in [0.1, 0.15) is 29.3 Å². The second-order valence-electron chi connectivity index (χ2n) is 6.05. The topological polar surface area (TPSA) is 93.8 Å². The first-order valence-corrected chi connectivity index (χ1v) is 8.82. The van der Waals surface area contributed by atoms with Crippen molar-refractivity contribution in [2.75, 3.05) is 6.61 Å². The molecule has 0 aliphatic carbocycles. The molecule has 7 nitrogen and oxygen atoms in total. The highest BCUT2D eigenvalue weighted by molar-refractivity contribution is 6.03. The fourth-order valence-electron chi connectivity index (χ4n) is 2.70. The van der Waals surface area contributed by atoms with Crippen LogP contribution in [0.25, 0.3) is 10.8 Å². The van der Waals surface area contributed by atoms with Crippen LogP contribution in [0, 0.1) is 10.1 Å². The predicted octanol–water partition coefficient (Wildman–Crippen LogP) is 4.30. The van der Waals surface area contributed by atoms with Crippen molar-refractivity contribution in [3.05, 3.63) is 81.9 Å². The summed E-state index contributed by atoms with van der Waals surface area (Å²) < 4.78 is 5.80. The second-order valence-corrected chi connectivity index (χ2v) is 6.05. The summed E-state index contributed by atoms with van der Waals surface area (Å²) in [5.74, 6) is 0.233. The summed E-state index contributed by atoms with van der Waals surface area (Å²) in [6, 6.07) is 17.0. The Kier molecular flexibility index (Phi) is 5.96. The van der Waals surface area contributed by atoms with E-state index in [-0.39, 0.29) is 11.3 Å². The maximum Gasteiger partial charge on any atom is 0.271 e. The van der Waals surface area contributed by atoms with Crippen molar-refractivity contribution in [1.82, 2.24) is 5.43 Å². The Morgan fingerprint density at radius 1 is 1.14 bits per heavy atom. The quantitative estimate of drug-likeness (QED) is 0.377. The van der Waals surface area contributed by atoms with Crippen molar-refractivity contribution in [1.29, 1.82) is 0 Å². The van der Waals surface area contributed by atoms with Crippen molar-refractivity contribution in [2.45, 2.75) is 13.3 Å². The average Bonchev–Trinajstić information content (AvgIpc) is 2.72. The Morgan fingerprint density at radius 3 is 2.61 bits per heavy atom. The van der Waals surface area contributed by atoms with Crippen molar-refractivity contribution < 1.29 is 14.5 Å². The lowest BCUT2D eigenvalue weighted by molar-refractivity contribution is -0.384. The molecule has 28 heavy (non-hydrogen) atoms. The fraction of sp³-hybridized carbons (Fsp3) is 0.143. The van der Waals surface area contributed by atoms with Gasteiger partial charge in [0, 0.05) is 23.3 Å². The molecule has 0 aliphatic rings. The van der Waals surface area contributed by atoms with E-state index < -0.39 is 10.8 Å². The molecule has 0 atom stereocenters. The molecule has 3 rings (SSSR count). The molecule has 142 valence electrons. The normalized spacial score (nSPS) is 10.9. The maximum absolute atomic E-state index is 12.2. The van der Waals surface area contributed by atoms with Gasteiger partial charge < -0.3 is 4.74 Å². The van der Waals surface area contributed by atoms with Crippen LogP contribution < -0.4 is 10.2 Å². The molecule has 0 saturated heterocycles. The number of nitrogens with zero attached hydrogens (tertiary/aromatic N) is 2. The molecule has 0 aliphatic heterocycles. The van der Waals surface area contributed by atoms with Crippen LogP contribution in [0.4, 0.5) is 5.69 Å². The summed E-state index contributed by atoms with van der Waals surface area (Å²) in [5.41, 5.74) is 3.43. The number of hydrogen-bond acceptors (Lipinski definition) is 5. The van der Waals surface area contributed by atoms with Gasteiger partial charge in [0.05, 0.1) is 17.7 Å². The molecule has 1 N–H and O–H groups in total. The number of non-ortho nitro benzene ring substituents is 1. The van der Waals surface area contributed by atoms with Crippen molar-refractivity contribution in [3.63, 3.8) is 0 Å². The average molecular weight is 377 g/mol. The number of fused-ring (bicyclic) bond motifs is 1. The third kappa shape index (κ3) is 4.32. The van der Waals surface area contributed by atoms with Gasteiger partial charge in [-0.15, -0.1) is 0 Å². The van der Waals surface area contributed by atoms with Crippen LogP contribution in [-0.4, -0.2) is 23.7 Å². The summed E-state index contributed by atoms with van der Waals surface area (Å²) in [7, 11) is 0. The van der Waals surface area contributed by atoms with Crippen LogP contribution in [0.3, 0.4) is 0 Å². The van der Waals surface area contributed by atoms with E-state index in [1.54, 1.807) is 6.21 Å². The first kappa shape index (κ1) is 19.0. The number of rotatable bonds is 7. The summed E-state index contributed by atoms with van der Waals surface area (Å²) >= 11 is 0. The molecule has 0 spiro atoms. The number of amides is 1. The van der Waals surface area contributed by atoms with Crippen LogP contribution in [0.15, 0.2) is 65.8 Å². The van der Waals surface area contributed by atoms with Gasteiger partial charge in [-0.05, 0) is 35.4 Å². The smallest absolute Gasteiger partial charge is 0.271 e. The minimum atomic E-state index is -0.516. The van der Waals surface area contributed by atoms with E-state index in [1.807, 2.05) is 43.3 Å². The third-order valence-corrected chi connectivity index (χ3v) is 4.09. The van der Waals surface area contributed by atoms with Crippen LogP contribution in [0.2, 0.25) is 0 Å². The zero-order chi connectivity index (χ0) is 19.9. The second kappa shape index (κ2) is 8.77. The number of hydrogen-bond donors (Lipinski definition) is 1. The van der Waals surface area contributed by atoms with Gasteiger partial charge in [-0.1, -0.05) is 37.3 Å². The highest BCUT2D eigenvalue weighted by atomic mass is 16.6. The van der Waals surface area contributed by atoms with Gasteiger partial charge in [-0.2, -0.15) is 5.10 Å². The molecule has 0 heterocycles. The molecular weight excluding hydrogens is 358 g/mol. The van der Waals surface area contributed by atoms with E-state index in [0.717, 1.165) is 22.8 Å². The summed E-state index contributed by atoms with van der Waals surface area (Å²) in [6.45, 7) is 2.60. The number of carbonyl (C=O) groups excluding carboxylic acids is 1. The molecule has 0 unspecified atom stereocenters. The van der Waals surface area contributed by atoms with Gasteiger partial charge in [-0.3, -0.25) is 14.9 Å². The predicted molar refractivity (Wildman–Crippen MR) is 108 cm³/mol. The Hall–Kier alpha value is -3.74. The standard InChI is InChI=1S/C21H19N3O4/c1-2-13-28-20-12-9-15-5-3-4-6-18(15)19(20)14-22-23-21(25)16-7-10-17(11-8-16)24(26)27/h3-12,14H,2,13H2,1H3,(H,23,25)/b22-14-. The lowest BCUT2D eigenvalue weighted by Gasteiger charge is -2.11. The van der Waals surface area contributed by atoms with Crippen molar-refractivity contribution >= 4 is 28.6 Å². The van der Waals surface area contributed by atoms with Crippen LogP contribution in [0.5, 0.6) is 5.75 Å². The Labute approximate surface area is 161 Å². The van der Waals surface area contributed by atoms with Crippen LogP contribution >= 0.6 is 0 Å². The van der Waals surface area contributed by atoms with Crippen molar-refractivity contribution in [3.8, 4) is 5.75 Å². The van der Waals surface area contributed by atoms with Gasteiger partial charge in [0.2, 0.25) is 0 Å². The van der Waals surface area contributed by atoms with Gasteiger partial charge in [0.15, 0.2) is 0 Å². The third-order valence-electron chi connectivity index (χ3n) is 4.09. The largest absolute Gasteiger partial charge is 0.493 e. The lowest BCUT2D eigenvalue weighted by atomic mass is 10.0. The molecular formula is C21H19N3O4. The Balaban J connectivity index is 1.81. The number of nitro benzene ring substituents is 1. The molecule has 0 saturated carbocycles. The SMILES string of the molecule is CCCOc1ccc2ccccc2c1/C=N\NC(=O)c1ccc([N+](=O)[O-])cc1. The Bertz CT molecular complexity index is 1030. The van der Waals surface area contributed by atoms with Gasteiger partial charge in [-0.25, -0.2) is 5.43 Å². The minimum Gasteiger partial charge on any atom is -0.493 e. The molecule has 3 aromatic carbocycles. The van der Waals surface area contributed by atoms with E-state index >= 15 is 0 Å². The molecule has 0 radical (unpaired) electrons.